The van der Waals surface area contributed by atoms with Crippen LogP contribution in [-0.4, -0.2) is 19.8 Å². The molecule has 5 nitrogen and oxygen atoms in total. The molecule has 6 heteroatoms. The van der Waals surface area contributed by atoms with Gasteiger partial charge in [0.1, 0.15) is 4.90 Å². The van der Waals surface area contributed by atoms with E-state index in [9.17, 15) is 13.0 Å². The fourth-order valence-electron chi connectivity index (χ4n) is 1.91. The standard InChI is InChI=1S/C11H8O5S/c12-17(13,14)10-5-9-11(16-6-15-9)8-4-2-1-3-7(8)10/h1-5H,6H2,(H,12,13,14). The van der Waals surface area contributed by atoms with Crippen LogP contribution in [0.4, 0.5) is 0 Å². The van der Waals surface area contributed by atoms with Gasteiger partial charge >= 0.3 is 0 Å². The van der Waals surface area contributed by atoms with E-state index in [4.69, 9.17) is 9.47 Å². The maximum absolute atomic E-state index is 11.3. The van der Waals surface area contributed by atoms with E-state index in [1.54, 1.807) is 24.3 Å². The summed E-state index contributed by atoms with van der Waals surface area (Å²) in [5, 5.41) is 1.02. The quantitative estimate of drug-likeness (QED) is 0.784. The molecule has 0 aliphatic carbocycles. The van der Waals surface area contributed by atoms with Crippen LogP contribution < -0.4 is 9.47 Å². The number of ether oxygens (including phenoxy) is 2. The Morgan fingerprint density at radius 1 is 1.12 bits per heavy atom. The highest BCUT2D eigenvalue weighted by Crippen LogP contribution is 2.42. The first kappa shape index (κ1) is 10.4. The van der Waals surface area contributed by atoms with Gasteiger partial charge < -0.3 is 9.47 Å². The van der Waals surface area contributed by atoms with E-state index in [1.165, 1.54) is 6.07 Å². The van der Waals surface area contributed by atoms with Gasteiger partial charge in [0.2, 0.25) is 6.79 Å². The molecule has 0 unspecified atom stereocenters. The predicted octanol–water partition coefficient (Wildman–Crippen LogP) is 1.82. The Labute approximate surface area is 97.3 Å². The van der Waals surface area contributed by atoms with Crippen LogP contribution in [0.15, 0.2) is 35.2 Å². The summed E-state index contributed by atoms with van der Waals surface area (Å²) in [5.74, 6) is 0.837. The molecule has 0 spiro atoms. The zero-order chi connectivity index (χ0) is 12.0. The van der Waals surface area contributed by atoms with E-state index in [0.29, 0.717) is 22.3 Å². The van der Waals surface area contributed by atoms with Crippen molar-refractivity contribution in [1.82, 2.24) is 0 Å². The number of hydrogen-bond donors (Lipinski definition) is 1. The van der Waals surface area contributed by atoms with E-state index in [1.807, 2.05) is 0 Å². The molecule has 2 aromatic rings. The van der Waals surface area contributed by atoms with Crippen molar-refractivity contribution in [1.29, 1.82) is 0 Å². The van der Waals surface area contributed by atoms with Crippen molar-refractivity contribution in [3.05, 3.63) is 30.3 Å². The fraction of sp³-hybridized carbons (Fsp3) is 0.0909. The molecule has 1 heterocycles. The van der Waals surface area contributed by atoms with E-state index in [0.717, 1.165) is 0 Å². The van der Waals surface area contributed by atoms with E-state index in [-0.39, 0.29) is 11.7 Å². The summed E-state index contributed by atoms with van der Waals surface area (Å²) in [4.78, 5) is -0.169. The van der Waals surface area contributed by atoms with Crippen molar-refractivity contribution in [2.24, 2.45) is 0 Å². The second-order valence-electron chi connectivity index (χ2n) is 3.63. The topological polar surface area (TPSA) is 72.8 Å². The maximum atomic E-state index is 11.3. The van der Waals surface area contributed by atoms with Gasteiger partial charge in [0.15, 0.2) is 11.5 Å². The Bertz CT molecular complexity index is 705. The third-order valence-corrected chi connectivity index (χ3v) is 3.51. The number of fused-ring (bicyclic) bond motifs is 3. The molecule has 1 N–H and O–H groups in total. The minimum atomic E-state index is -4.29. The first-order chi connectivity index (χ1) is 8.07. The van der Waals surface area contributed by atoms with Gasteiger partial charge in [-0.2, -0.15) is 8.42 Å². The predicted molar refractivity (Wildman–Crippen MR) is 59.9 cm³/mol. The summed E-state index contributed by atoms with van der Waals surface area (Å²) in [6.45, 7) is 0.0499. The van der Waals surface area contributed by atoms with Crippen molar-refractivity contribution >= 4 is 20.9 Å². The molecule has 2 aromatic carbocycles. The summed E-state index contributed by atoms with van der Waals surface area (Å²) in [7, 11) is -4.29. The van der Waals surface area contributed by atoms with Crippen LogP contribution in [0, 0.1) is 0 Å². The van der Waals surface area contributed by atoms with Crippen molar-refractivity contribution in [3.63, 3.8) is 0 Å². The lowest BCUT2D eigenvalue weighted by atomic mass is 10.1. The van der Waals surface area contributed by atoms with Gasteiger partial charge in [-0.1, -0.05) is 24.3 Å². The molecule has 3 rings (SSSR count). The number of benzene rings is 2. The number of rotatable bonds is 1. The highest BCUT2D eigenvalue weighted by Gasteiger charge is 2.23. The zero-order valence-electron chi connectivity index (χ0n) is 8.58. The molecule has 0 amide bonds. The maximum Gasteiger partial charge on any atom is 0.295 e. The van der Waals surface area contributed by atoms with Crippen molar-refractivity contribution in [2.75, 3.05) is 6.79 Å². The monoisotopic (exact) mass is 252 g/mol. The lowest BCUT2D eigenvalue weighted by Crippen LogP contribution is -1.99. The zero-order valence-corrected chi connectivity index (χ0v) is 9.40. The van der Waals surface area contributed by atoms with E-state index < -0.39 is 10.1 Å². The van der Waals surface area contributed by atoms with Crippen LogP contribution in [-0.2, 0) is 10.1 Å². The highest BCUT2D eigenvalue weighted by molar-refractivity contribution is 7.86. The van der Waals surface area contributed by atoms with Gasteiger partial charge in [0, 0.05) is 16.8 Å². The Hall–Kier alpha value is -1.79. The smallest absolute Gasteiger partial charge is 0.295 e. The molecular formula is C11H8O5S. The highest BCUT2D eigenvalue weighted by atomic mass is 32.2. The van der Waals surface area contributed by atoms with Crippen LogP contribution in [0.3, 0.4) is 0 Å². The molecular weight excluding hydrogens is 244 g/mol. The van der Waals surface area contributed by atoms with Crippen molar-refractivity contribution < 1.29 is 22.4 Å². The van der Waals surface area contributed by atoms with Gasteiger partial charge in [0.05, 0.1) is 0 Å². The average Bonchev–Trinajstić information content (AvgIpc) is 2.74. The molecule has 0 saturated heterocycles. The second kappa shape index (κ2) is 3.35. The van der Waals surface area contributed by atoms with Gasteiger partial charge in [-0.05, 0) is 0 Å². The first-order valence-corrected chi connectivity index (χ1v) is 6.30. The molecule has 0 atom stereocenters. The first-order valence-electron chi connectivity index (χ1n) is 4.86. The molecule has 1 aliphatic heterocycles. The Morgan fingerprint density at radius 2 is 1.82 bits per heavy atom. The lowest BCUT2D eigenvalue weighted by molar-refractivity contribution is 0.174. The molecule has 17 heavy (non-hydrogen) atoms. The third-order valence-electron chi connectivity index (χ3n) is 2.62. The summed E-state index contributed by atoms with van der Waals surface area (Å²) in [6.07, 6.45) is 0. The minimum Gasteiger partial charge on any atom is -0.454 e. The van der Waals surface area contributed by atoms with E-state index >= 15 is 0 Å². The van der Waals surface area contributed by atoms with Crippen molar-refractivity contribution in [3.8, 4) is 11.5 Å². The largest absolute Gasteiger partial charge is 0.454 e. The van der Waals surface area contributed by atoms with Crippen LogP contribution in [0.1, 0.15) is 0 Å². The van der Waals surface area contributed by atoms with Crippen LogP contribution >= 0.6 is 0 Å². The summed E-state index contributed by atoms with van der Waals surface area (Å²) >= 11 is 0. The van der Waals surface area contributed by atoms with E-state index in [2.05, 4.69) is 0 Å². The summed E-state index contributed by atoms with van der Waals surface area (Å²) in [5.41, 5.74) is 0. The second-order valence-corrected chi connectivity index (χ2v) is 5.02. The normalized spacial score (nSPS) is 14.2. The van der Waals surface area contributed by atoms with Gasteiger partial charge in [-0.15, -0.1) is 0 Å². The minimum absolute atomic E-state index is 0.0499. The third kappa shape index (κ3) is 1.53. The molecule has 0 radical (unpaired) electrons. The van der Waals surface area contributed by atoms with Crippen LogP contribution in [0.2, 0.25) is 0 Å². The molecule has 0 saturated carbocycles. The van der Waals surface area contributed by atoms with Gasteiger partial charge in [-0.3, -0.25) is 4.55 Å². The lowest BCUT2D eigenvalue weighted by Gasteiger charge is -2.06. The Morgan fingerprint density at radius 3 is 2.53 bits per heavy atom. The van der Waals surface area contributed by atoms with Crippen LogP contribution in [0.5, 0.6) is 11.5 Å². The SMILES string of the molecule is O=S(=O)(O)c1cc2c(c3ccccc13)OCO2. The molecule has 0 fully saturated rings. The fourth-order valence-corrected chi connectivity index (χ4v) is 2.62. The van der Waals surface area contributed by atoms with Gasteiger partial charge in [-0.25, -0.2) is 0 Å². The Balaban J connectivity index is 2.50. The summed E-state index contributed by atoms with van der Waals surface area (Å²) < 4.78 is 42.2. The van der Waals surface area contributed by atoms with Crippen molar-refractivity contribution in [2.45, 2.75) is 4.90 Å². The summed E-state index contributed by atoms with van der Waals surface area (Å²) in [6, 6.07) is 8.06. The average molecular weight is 252 g/mol. The van der Waals surface area contributed by atoms with Gasteiger partial charge in [0.25, 0.3) is 10.1 Å². The molecule has 1 aliphatic rings. The molecule has 0 aromatic heterocycles. The molecule has 88 valence electrons. The number of hydrogen-bond acceptors (Lipinski definition) is 4. The van der Waals surface area contributed by atoms with Crippen LogP contribution in [0.25, 0.3) is 10.8 Å². The Kier molecular flexibility index (Phi) is 2.04. The molecule has 0 bridgehead atoms.